The fourth-order valence-electron chi connectivity index (χ4n) is 4.33. The summed E-state index contributed by atoms with van der Waals surface area (Å²) in [5.41, 5.74) is 3.44. The molecule has 0 bridgehead atoms. The lowest BCUT2D eigenvalue weighted by atomic mass is 10.2. The van der Waals surface area contributed by atoms with E-state index in [-0.39, 0.29) is 0 Å². The van der Waals surface area contributed by atoms with E-state index in [0.717, 1.165) is 64.8 Å². The molecule has 6 rings (SSSR count). The van der Waals surface area contributed by atoms with Crippen LogP contribution < -0.4 is 20.3 Å². The van der Waals surface area contributed by atoms with Crippen molar-refractivity contribution in [2.75, 3.05) is 29.9 Å². The Morgan fingerprint density at radius 1 is 1.06 bits per heavy atom. The van der Waals surface area contributed by atoms with Crippen molar-refractivity contribution >= 4 is 33.9 Å². The van der Waals surface area contributed by atoms with E-state index in [9.17, 15) is 0 Å². The first-order valence-corrected chi connectivity index (χ1v) is 11.6. The number of pyridine rings is 2. The highest BCUT2D eigenvalue weighted by Crippen LogP contribution is 2.31. The molecule has 1 fully saturated rings. The molecule has 176 valence electrons. The Kier molecular flexibility index (Phi) is 5.34. The fraction of sp³-hybridized carbons (Fsp3) is 0.240. The lowest BCUT2D eigenvalue weighted by Gasteiger charge is -2.32. The van der Waals surface area contributed by atoms with Crippen LogP contribution in [0.3, 0.4) is 0 Å². The van der Waals surface area contributed by atoms with Gasteiger partial charge in [-0.15, -0.1) is 0 Å². The third-order valence-electron chi connectivity index (χ3n) is 6.12. The number of aryl methyl sites for hydroxylation is 1. The molecule has 2 N–H and O–H groups in total. The van der Waals surface area contributed by atoms with Crippen LogP contribution in [0.2, 0.25) is 0 Å². The molecule has 1 saturated heterocycles. The van der Waals surface area contributed by atoms with Gasteiger partial charge in [0.15, 0.2) is 5.65 Å². The van der Waals surface area contributed by atoms with Crippen molar-refractivity contribution in [2.45, 2.75) is 19.9 Å². The van der Waals surface area contributed by atoms with E-state index in [0.29, 0.717) is 11.8 Å². The lowest BCUT2D eigenvalue weighted by Crippen LogP contribution is -2.49. The molecule has 1 aliphatic rings. The average Bonchev–Trinajstić information content (AvgIpc) is 3.34. The van der Waals surface area contributed by atoms with Crippen molar-refractivity contribution in [3.05, 3.63) is 67.0 Å². The summed E-state index contributed by atoms with van der Waals surface area (Å²) in [5.74, 6) is 3.16. The summed E-state index contributed by atoms with van der Waals surface area (Å²) >= 11 is 0. The van der Waals surface area contributed by atoms with Crippen LogP contribution in [0.1, 0.15) is 12.5 Å². The maximum Gasteiger partial charge on any atom is 0.158 e. The first-order chi connectivity index (χ1) is 17.1. The molecule has 0 radical (unpaired) electrons. The number of rotatable bonds is 5. The van der Waals surface area contributed by atoms with Crippen LogP contribution in [0.15, 0.2) is 61.4 Å². The largest absolute Gasteiger partial charge is 0.457 e. The van der Waals surface area contributed by atoms with Crippen LogP contribution in [-0.4, -0.2) is 55.2 Å². The van der Waals surface area contributed by atoms with E-state index < -0.39 is 0 Å². The number of fused-ring (bicyclic) bond motifs is 2. The van der Waals surface area contributed by atoms with E-state index in [2.05, 4.69) is 53.6 Å². The number of anilines is 3. The van der Waals surface area contributed by atoms with Gasteiger partial charge in [-0.05, 0) is 49.7 Å². The van der Waals surface area contributed by atoms with Gasteiger partial charge in [-0.3, -0.25) is 0 Å². The highest BCUT2D eigenvalue weighted by Gasteiger charge is 2.18. The third kappa shape index (κ3) is 4.31. The Morgan fingerprint density at radius 2 is 2.00 bits per heavy atom. The number of benzene rings is 1. The van der Waals surface area contributed by atoms with Gasteiger partial charge in [-0.1, -0.05) is 0 Å². The second-order valence-corrected chi connectivity index (χ2v) is 8.72. The highest BCUT2D eigenvalue weighted by atomic mass is 16.5. The Balaban J connectivity index is 1.25. The summed E-state index contributed by atoms with van der Waals surface area (Å²) in [7, 11) is 0. The molecule has 0 saturated carbocycles. The molecule has 1 aromatic carbocycles. The predicted molar refractivity (Wildman–Crippen MR) is 135 cm³/mol. The van der Waals surface area contributed by atoms with Crippen molar-refractivity contribution < 1.29 is 4.74 Å². The van der Waals surface area contributed by atoms with E-state index in [4.69, 9.17) is 4.74 Å². The first-order valence-electron chi connectivity index (χ1n) is 11.6. The summed E-state index contributed by atoms with van der Waals surface area (Å²) < 4.78 is 7.80. The van der Waals surface area contributed by atoms with Crippen LogP contribution in [0.4, 0.5) is 17.3 Å². The number of ether oxygens (including phenoxy) is 1. The number of piperazine rings is 1. The summed E-state index contributed by atoms with van der Waals surface area (Å²) in [6, 6.07) is 12.2. The number of nitrogens with one attached hydrogen (secondary N) is 2. The van der Waals surface area contributed by atoms with Crippen LogP contribution in [0.5, 0.6) is 11.5 Å². The van der Waals surface area contributed by atoms with Gasteiger partial charge in [0.1, 0.15) is 35.8 Å². The van der Waals surface area contributed by atoms with Crippen molar-refractivity contribution in [1.29, 1.82) is 0 Å². The van der Waals surface area contributed by atoms with Gasteiger partial charge in [0.05, 0.1) is 11.7 Å². The van der Waals surface area contributed by atoms with Gasteiger partial charge in [0, 0.05) is 49.0 Å². The first kappa shape index (κ1) is 21.2. The zero-order chi connectivity index (χ0) is 23.8. The van der Waals surface area contributed by atoms with E-state index in [1.54, 1.807) is 10.8 Å². The molecule has 35 heavy (non-hydrogen) atoms. The summed E-state index contributed by atoms with van der Waals surface area (Å²) in [6.07, 6.45) is 6.72. The molecule has 1 atom stereocenters. The minimum absolute atomic E-state index is 0.424. The topological polar surface area (TPSA) is 105 Å². The Labute approximate surface area is 202 Å². The smallest absolute Gasteiger partial charge is 0.158 e. The molecule has 5 heterocycles. The standard InChI is InChI=1S/C25H25N9O/c1-16-9-18(3-4-22(16)35-19-5-7-34-24(10-19)29-15-31-34)32-25-20-11-23(27-12-21(20)28-14-30-25)33-8-6-26-17(2)13-33/h3-5,7,9-12,14-15,17,26H,6,8,13H2,1-2H3,(H,28,30,32)/t17-/m1/s1. The monoisotopic (exact) mass is 467 g/mol. The Bertz CT molecular complexity index is 1520. The van der Waals surface area contributed by atoms with Gasteiger partial charge in [0.2, 0.25) is 0 Å². The Morgan fingerprint density at radius 3 is 2.89 bits per heavy atom. The summed E-state index contributed by atoms with van der Waals surface area (Å²) in [4.78, 5) is 20.1. The molecule has 4 aromatic heterocycles. The average molecular weight is 468 g/mol. The normalized spacial score (nSPS) is 16.1. The van der Waals surface area contributed by atoms with Crippen molar-refractivity contribution in [2.24, 2.45) is 0 Å². The number of nitrogens with zero attached hydrogens (tertiary/aromatic N) is 7. The van der Waals surface area contributed by atoms with Gasteiger partial charge in [0.25, 0.3) is 0 Å². The van der Waals surface area contributed by atoms with Crippen LogP contribution in [-0.2, 0) is 0 Å². The maximum absolute atomic E-state index is 6.10. The molecule has 0 aliphatic carbocycles. The maximum atomic E-state index is 6.10. The Hall–Kier alpha value is -4.31. The van der Waals surface area contributed by atoms with Gasteiger partial charge < -0.3 is 20.3 Å². The van der Waals surface area contributed by atoms with Gasteiger partial charge in [-0.2, -0.15) is 5.10 Å². The second-order valence-electron chi connectivity index (χ2n) is 8.72. The number of aromatic nitrogens is 6. The van der Waals surface area contributed by atoms with E-state index >= 15 is 0 Å². The summed E-state index contributed by atoms with van der Waals surface area (Å²) in [6.45, 7) is 6.98. The highest BCUT2D eigenvalue weighted by molar-refractivity contribution is 5.91. The summed E-state index contributed by atoms with van der Waals surface area (Å²) in [5, 5.41) is 12.0. The molecule has 0 amide bonds. The van der Waals surface area contributed by atoms with Gasteiger partial charge in [-0.25, -0.2) is 24.5 Å². The molecule has 10 heteroatoms. The quantitative estimate of drug-likeness (QED) is 0.400. The fourth-order valence-corrected chi connectivity index (χ4v) is 4.33. The molecule has 5 aromatic rings. The second kappa shape index (κ2) is 8.80. The van der Waals surface area contributed by atoms with E-state index in [1.807, 2.05) is 49.6 Å². The molecular formula is C25H25N9O. The molecular weight excluding hydrogens is 442 g/mol. The zero-order valence-corrected chi connectivity index (χ0v) is 19.5. The molecule has 0 spiro atoms. The number of hydrogen-bond donors (Lipinski definition) is 2. The van der Waals surface area contributed by atoms with Gasteiger partial charge >= 0.3 is 0 Å². The molecule has 10 nitrogen and oxygen atoms in total. The van der Waals surface area contributed by atoms with Crippen molar-refractivity contribution in [1.82, 2.24) is 34.9 Å². The van der Waals surface area contributed by atoms with Crippen molar-refractivity contribution in [3.8, 4) is 11.5 Å². The SMILES string of the molecule is Cc1cc(Nc2ncnc3cnc(N4CCN[C@H](C)C4)cc23)ccc1Oc1ccn2ncnc2c1. The van der Waals surface area contributed by atoms with Crippen LogP contribution in [0.25, 0.3) is 16.6 Å². The lowest BCUT2D eigenvalue weighted by molar-refractivity contribution is 0.478. The third-order valence-corrected chi connectivity index (χ3v) is 6.12. The minimum Gasteiger partial charge on any atom is -0.457 e. The molecule has 0 unspecified atom stereocenters. The molecule has 1 aliphatic heterocycles. The zero-order valence-electron chi connectivity index (χ0n) is 19.5. The minimum atomic E-state index is 0.424. The van der Waals surface area contributed by atoms with E-state index in [1.165, 1.54) is 6.33 Å². The van der Waals surface area contributed by atoms with Crippen LogP contribution in [0, 0.1) is 6.92 Å². The predicted octanol–water partition coefficient (Wildman–Crippen LogP) is 3.71. The van der Waals surface area contributed by atoms with Crippen LogP contribution >= 0.6 is 0 Å². The number of hydrogen-bond acceptors (Lipinski definition) is 9. The van der Waals surface area contributed by atoms with Crippen molar-refractivity contribution in [3.63, 3.8) is 0 Å².